The van der Waals surface area contributed by atoms with Gasteiger partial charge in [0.25, 0.3) is 0 Å². The number of hydrogen-bond acceptors (Lipinski definition) is 2. The van der Waals surface area contributed by atoms with Crippen molar-refractivity contribution >= 4 is 19.7 Å². The Morgan fingerprint density at radius 1 is 1.38 bits per heavy atom. The molecule has 1 aliphatic carbocycles. The molecule has 0 aromatic heterocycles. The average Bonchev–Trinajstić information content (AvgIpc) is 1.78. The van der Waals surface area contributed by atoms with E-state index in [0.29, 0.717) is 12.8 Å². The monoisotopic (exact) mass is 232 g/mol. The van der Waals surface area contributed by atoms with Crippen molar-refractivity contribution in [1.29, 1.82) is 0 Å². The highest BCUT2D eigenvalue weighted by molar-refractivity contribution is 8.13. The second-order valence-electron chi connectivity index (χ2n) is 3.63. The van der Waals surface area contributed by atoms with E-state index in [2.05, 4.69) is 0 Å². The molecule has 78 valence electrons. The lowest BCUT2D eigenvalue weighted by Crippen LogP contribution is -2.37. The van der Waals surface area contributed by atoms with Crippen LogP contribution >= 0.6 is 10.7 Å². The van der Waals surface area contributed by atoms with E-state index in [-0.39, 0.29) is 12.2 Å². The van der Waals surface area contributed by atoms with Crippen LogP contribution in [-0.4, -0.2) is 20.6 Å². The van der Waals surface area contributed by atoms with Crippen molar-refractivity contribution in [3.05, 3.63) is 0 Å². The second-order valence-corrected chi connectivity index (χ2v) is 6.41. The summed E-state index contributed by atoms with van der Waals surface area (Å²) in [5, 5.41) is 0. The van der Waals surface area contributed by atoms with Gasteiger partial charge in [0, 0.05) is 17.1 Å². The highest BCUT2D eigenvalue weighted by Crippen LogP contribution is 2.46. The van der Waals surface area contributed by atoms with Crippen LogP contribution in [0.25, 0.3) is 0 Å². The van der Waals surface area contributed by atoms with Crippen molar-refractivity contribution in [2.24, 2.45) is 5.41 Å². The zero-order valence-electron chi connectivity index (χ0n) is 6.97. The summed E-state index contributed by atoms with van der Waals surface area (Å²) in [5.41, 5.74) is -0.741. The minimum Gasteiger partial charge on any atom is -0.212 e. The first-order chi connectivity index (χ1) is 5.83. The molecule has 0 radical (unpaired) electrons. The van der Waals surface area contributed by atoms with Crippen molar-refractivity contribution in [1.82, 2.24) is 0 Å². The van der Waals surface area contributed by atoms with Crippen LogP contribution in [0.1, 0.15) is 25.7 Å². The zero-order chi connectivity index (χ0) is 10.1. The molecule has 6 heteroatoms. The minimum absolute atomic E-state index is 0.314. The molecular formula is C7H11ClF2O2S. The van der Waals surface area contributed by atoms with Gasteiger partial charge < -0.3 is 0 Å². The van der Waals surface area contributed by atoms with Gasteiger partial charge in [0.05, 0.1) is 5.75 Å². The molecule has 0 amide bonds. The van der Waals surface area contributed by atoms with Gasteiger partial charge in [0.15, 0.2) is 0 Å². The predicted molar refractivity (Wildman–Crippen MR) is 46.5 cm³/mol. The summed E-state index contributed by atoms with van der Waals surface area (Å²) < 4.78 is 45.7. The van der Waals surface area contributed by atoms with Crippen molar-refractivity contribution in [3.63, 3.8) is 0 Å². The van der Waals surface area contributed by atoms with Crippen molar-refractivity contribution in [3.8, 4) is 0 Å². The minimum atomic E-state index is -3.65. The van der Waals surface area contributed by atoms with Crippen molar-refractivity contribution in [2.45, 2.75) is 32.1 Å². The Hall–Kier alpha value is 0.1000. The molecule has 0 bridgehead atoms. The van der Waals surface area contributed by atoms with E-state index >= 15 is 0 Å². The van der Waals surface area contributed by atoms with E-state index in [1.165, 1.54) is 0 Å². The number of rotatable bonds is 4. The Morgan fingerprint density at radius 3 is 2.15 bits per heavy atom. The molecule has 0 heterocycles. The largest absolute Gasteiger partial charge is 0.239 e. The third kappa shape index (κ3) is 3.38. The highest BCUT2D eigenvalue weighted by atomic mass is 35.7. The molecule has 0 aromatic carbocycles. The molecule has 0 saturated heterocycles. The summed E-state index contributed by atoms with van der Waals surface area (Å²) in [4.78, 5) is 0. The van der Waals surface area contributed by atoms with Gasteiger partial charge >= 0.3 is 0 Å². The summed E-state index contributed by atoms with van der Waals surface area (Å²) in [6, 6.07) is 0. The fourth-order valence-corrected chi connectivity index (χ4v) is 3.61. The van der Waals surface area contributed by atoms with Gasteiger partial charge in [-0.1, -0.05) is 6.42 Å². The lowest BCUT2D eigenvalue weighted by atomic mass is 9.68. The summed E-state index contributed by atoms with van der Waals surface area (Å²) in [7, 11) is 1.39. The lowest BCUT2D eigenvalue weighted by Gasteiger charge is -2.40. The van der Waals surface area contributed by atoms with Crippen LogP contribution in [-0.2, 0) is 9.05 Å². The van der Waals surface area contributed by atoms with Gasteiger partial charge in [-0.2, -0.15) is 0 Å². The molecule has 2 nitrogen and oxygen atoms in total. The maximum absolute atomic E-state index is 12.1. The van der Waals surface area contributed by atoms with Crippen LogP contribution in [0.5, 0.6) is 0 Å². The van der Waals surface area contributed by atoms with Crippen LogP contribution in [0.15, 0.2) is 0 Å². The molecular weight excluding hydrogens is 222 g/mol. The van der Waals surface area contributed by atoms with E-state index in [4.69, 9.17) is 10.7 Å². The maximum Gasteiger partial charge on any atom is 0.239 e. The first-order valence-corrected chi connectivity index (χ1v) is 6.51. The maximum atomic E-state index is 12.1. The smallest absolute Gasteiger partial charge is 0.212 e. The molecule has 0 aliphatic heterocycles. The van der Waals surface area contributed by atoms with Crippen LogP contribution < -0.4 is 0 Å². The van der Waals surface area contributed by atoms with E-state index in [9.17, 15) is 17.2 Å². The quantitative estimate of drug-likeness (QED) is 0.698. The fourth-order valence-electron chi connectivity index (χ4n) is 1.78. The molecule has 1 saturated carbocycles. The Morgan fingerprint density at radius 2 is 1.92 bits per heavy atom. The van der Waals surface area contributed by atoms with E-state index < -0.39 is 20.9 Å². The van der Waals surface area contributed by atoms with Crippen LogP contribution in [0, 0.1) is 5.41 Å². The molecule has 0 aromatic rings. The van der Waals surface area contributed by atoms with E-state index in [1.807, 2.05) is 0 Å². The fraction of sp³-hybridized carbons (Fsp3) is 1.00. The molecule has 0 unspecified atom stereocenters. The zero-order valence-corrected chi connectivity index (χ0v) is 8.54. The van der Waals surface area contributed by atoms with Crippen molar-refractivity contribution < 1.29 is 17.2 Å². The van der Waals surface area contributed by atoms with Gasteiger partial charge in [-0.25, -0.2) is 17.2 Å². The highest BCUT2D eigenvalue weighted by Gasteiger charge is 2.42. The first-order valence-electron chi connectivity index (χ1n) is 4.04. The Labute approximate surface area is 80.7 Å². The number of hydrogen-bond donors (Lipinski definition) is 0. The van der Waals surface area contributed by atoms with Gasteiger partial charge in [-0.3, -0.25) is 0 Å². The molecule has 0 spiro atoms. The third-order valence-corrected chi connectivity index (χ3v) is 3.76. The molecule has 1 rings (SSSR count). The topological polar surface area (TPSA) is 34.1 Å². The Kier molecular flexibility index (Phi) is 3.17. The van der Waals surface area contributed by atoms with Gasteiger partial charge in [0.1, 0.15) is 0 Å². The third-order valence-electron chi connectivity index (χ3n) is 2.48. The first kappa shape index (κ1) is 11.2. The van der Waals surface area contributed by atoms with E-state index in [0.717, 1.165) is 6.42 Å². The average molecular weight is 233 g/mol. The van der Waals surface area contributed by atoms with Gasteiger partial charge in [0.2, 0.25) is 15.5 Å². The molecule has 13 heavy (non-hydrogen) atoms. The Bertz CT molecular complexity index is 272. The molecule has 0 N–H and O–H groups in total. The van der Waals surface area contributed by atoms with Crippen LogP contribution in [0.4, 0.5) is 8.78 Å². The van der Waals surface area contributed by atoms with Crippen LogP contribution in [0.3, 0.4) is 0 Å². The Balaban J connectivity index is 2.60. The standard InChI is InChI=1S/C7H11ClF2O2S/c8-13(11,12)5-7(2-1-3-7)4-6(9)10/h6H,1-5H2. The number of halogens is 3. The summed E-state index contributed by atoms with van der Waals surface area (Å²) >= 11 is 0. The summed E-state index contributed by atoms with van der Waals surface area (Å²) in [6.45, 7) is 0. The normalized spacial score (nSPS) is 21.5. The predicted octanol–water partition coefficient (Wildman–Crippen LogP) is 2.38. The molecule has 1 aliphatic rings. The number of alkyl halides is 2. The SMILES string of the molecule is O=S(=O)(Cl)CC1(CC(F)F)CCC1. The lowest BCUT2D eigenvalue weighted by molar-refractivity contribution is 0.0384. The summed E-state index contributed by atoms with van der Waals surface area (Å²) in [6.07, 6.45) is -0.885. The van der Waals surface area contributed by atoms with Crippen molar-refractivity contribution in [2.75, 3.05) is 5.75 Å². The van der Waals surface area contributed by atoms with Gasteiger partial charge in [-0.05, 0) is 18.3 Å². The molecule has 1 fully saturated rings. The van der Waals surface area contributed by atoms with E-state index in [1.54, 1.807) is 0 Å². The summed E-state index contributed by atoms with van der Waals surface area (Å²) in [5.74, 6) is -0.314. The van der Waals surface area contributed by atoms with Gasteiger partial charge in [-0.15, -0.1) is 0 Å². The second kappa shape index (κ2) is 3.69. The van der Waals surface area contributed by atoms with Crippen LogP contribution in [0.2, 0.25) is 0 Å². The molecule has 0 atom stereocenters.